The summed E-state index contributed by atoms with van der Waals surface area (Å²) in [5.41, 5.74) is 4.88. The first-order chi connectivity index (χ1) is 10.3. The van der Waals surface area contributed by atoms with Gasteiger partial charge in [-0.25, -0.2) is 0 Å². The van der Waals surface area contributed by atoms with Gasteiger partial charge in [0.2, 0.25) is 0 Å². The second-order valence-electron chi connectivity index (χ2n) is 5.83. The number of nitrogens with one attached hydrogen (secondary N) is 1. The molecule has 2 aromatic rings. The van der Waals surface area contributed by atoms with Gasteiger partial charge in [0.1, 0.15) is 0 Å². The number of aryl methyl sites for hydroxylation is 2. The number of hydrogen-bond acceptors (Lipinski definition) is 3. The van der Waals surface area contributed by atoms with Gasteiger partial charge in [-0.1, -0.05) is 19.1 Å². The molecule has 2 unspecified atom stereocenters. The molecule has 2 aromatic heterocycles. The van der Waals surface area contributed by atoms with E-state index in [1.807, 2.05) is 12.3 Å². The maximum absolute atomic E-state index is 4.75. The lowest BCUT2D eigenvalue weighted by molar-refractivity contribution is 0.428. The van der Waals surface area contributed by atoms with Crippen molar-refractivity contribution in [2.24, 2.45) is 0 Å². The quantitative estimate of drug-likeness (QED) is 0.910. The van der Waals surface area contributed by atoms with Crippen LogP contribution in [0, 0.1) is 6.92 Å². The Labute approximate surface area is 126 Å². The molecule has 2 heterocycles. The first-order valence-corrected chi connectivity index (χ1v) is 7.90. The number of fused-ring (bicyclic) bond motifs is 1. The SMILES string of the molecule is CCCNC(c1cccc(C)n1)C1CCc2cccnc21. The number of rotatable bonds is 5. The van der Waals surface area contributed by atoms with E-state index in [1.165, 1.54) is 11.3 Å². The van der Waals surface area contributed by atoms with Crippen LogP contribution in [0.3, 0.4) is 0 Å². The van der Waals surface area contributed by atoms with E-state index in [2.05, 4.69) is 48.4 Å². The van der Waals surface area contributed by atoms with E-state index in [1.54, 1.807) is 0 Å². The van der Waals surface area contributed by atoms with Crippen LogP contribution >= 0.6 is 0 Å². The minimum absolute atomic E-state index is 0.265. The third-order valence-electron chi connectivity index (χ3n) is 4.25. The van der Waals surface area contributed by atoms with Crippen LogP contribution in [-0.2, 0) is 6.42 Å². The molecule has 0 radical (unpaired) electrons. The minimum atomic E-state index is 0.265. The molecule has 0 saturated heterocycles. The standard InChI is InChI=1S/C18H23N3/c1-3-11-19-18(16-8-4-6-13(2)21-16)15-10-9-14-7-5-12-20-17(14)15/h4-8,12,15,18-19H,3,9-11H2,1-2H3. The van der Waals surface area contributed by atoms with Crippen molar-refractivity contribution in [2.75, 3.05) is 6.54 Å². The maximum atomic E-state index is 4.75. The van der Waals surface area contributed by atoms with Crippen molar-refractivity contribution in [3.05, 3.63) is 59.2 Å². The Bertz CT molecular complexity index is 609. The topological polar surface area (TPSA) is 37.8 Å². The minimum Gasteiger partial charge on any atom is -0.308 e. The summed E-state index contributed by atoms with van der Waals surface area (Å²) in [4.78, 5) is 9.40. The van der Waals surface area contributed by atoms with Crippen LogP contribution < -0.4 is 5.32 Å². The Morgan fingerprint density at radius 3 is 3.00 bits per heavy atom. The largest absolute Gasteiger partial charge is 0.308 e. The van der Waals surface area contributed by atoms with Crippen LogP contribution in [-0.4, -0.2) is 16.5 Å². The van der Waals surface area contributed by atoms with Gasteiger partial charge in [-0.05, 0) is 56.5 Å². The molecule has 3 rings (SSSR count). The molecule has 0 amide bonds. The van der Waals surface area contributed by atoms with Gasteiger partial charge in [0.25, 0.3) is 0 Å². The molecule has 3 heteroatoms. The Hall–Kier alpha value is -1.74. The zero-order valence-corrected chi connectivity index (χ0v) is 12.8. The van der Waals surface area contributed by atoms with Crippen molar-refractivity contribution in [1.82, 2.24) is 15.3 Å². The molecule has 0 bridgehead atoms. The van der Waals surface area contributed by atoms with E-state index < -0.39 is 0 Å². The summed E-state index contributed by atoms with van der Waals surface area (Å²) in [6.45, 7) is 5.27. The van der Waals surface area contributed by atoms with Crippen molar-refractivity contribution < 1.29 is 0 Å². The number of hydrogen-bond donors (Lipinski definition) is 1. The third kappa shape index (κ3) is 2.98. The number of nitrogens with zero attached hydrogens (tertiary/aromatic N) is 2. The van der Waals surface area contributed by atoms with E-state index in [9.17, 15) is 0 Å². The van der Waals surface area contributed by atoms with Gasteiger partial charge >= 0.3 is 0 Å². The highest BCUT2D eigenvalue weighted by Crippen LogP contribution is 2.39. The third-order valence-corrected chi connectivity index (χ3v) is 4.25. The smallest absolute Gasteiger partial charge is 0.0583 e. The summed E-state index contributed by atoms with van der Waals surface area (Å²) in [6, 6.07) is 10.8. The summed E-state index contributed by atoms with van der Waals surface area (Å²) in [6.07, 6.45) is 5.33. The summed E-state index contributed by atoms with van der Waals surface area (Å²) >= 11 is 0. The maximum Gasteiger partial charge on any atom is 0.0583 e. The fourth-order valence-electron chi connectivity index (χ4n) is 3.26. The van der Waals surface area contributed by atoms with Crippen molar-refractivity contribution in [3.63, 3.8) is 0 Å². The zero-order chi connectivity index (χ0) is 14.7. The Kier molecular flexibility index (Phi) is 4.30. The molecule has 0 aromatic carbocycles. The van der Waals surface area contributed by atoms with Crippen LogP contribution in [0.5, 0.6) is 0 Å². The second kappa shape index (κ2) is 6.35. The molecule has 0 aliphatic heterocycles. The molecule has 0 fully saturated rings. The van der Waals surface area contributed by atoms with Gasteiger partial charge in [-0.15, -0.1) is 0 Å². The van der Waals surface area contributed by atoms with Crippen LogP contribution in [0.15, 0.2) is 36.5 Å². The highest BCUT2D eigenvalue weighted by molar-refractivity contribution is 5.32. The van der Waals surface area contributed by atoms with E-state index in [0.717, 1.165) is 37.2 Å². The van der Waals surface area contributed by atoms with Gasteiger partial charge in [0, 0.05) is 23.5 Å². The van der Waals surface area contributed by atoms with Gasteiger partial charge < -0.3 is 5.32 Å². The Morgan fingerprint density at radius 2 is 2.19 bits per heavy atom. The number of pyridine rings is 2. The fraction of sp³-hybridized carbons (Fsp3) is 0.444. The van der Waals surface area contributed by atoms with Crippen LogP contribution in [0.4, 0.5) is 0 Å². The van der Waals surface area contributed by atoms with Crippen molar-refractivity contribution in [1.29, 1.82) is 0 Å². The van der Waals surface area contributed by atoms with Crippen LogP contribution in [0.2, 0.25) is 0 Å². The lowest BCUT2D eigenvalue weighted by Crippen LogP contribution is -2.28. The summed E-state index contributed by atoms with van der Waals surface area (Å²) in [5, 5.41) is 3.69. The van der Waals surface area contributed by atoms with Crippen molar-refractivity contribution in [2.45, 2.75) is 45.1 Å². The van der Waals surface area contributed by atoms with E-state index in [-0.39, 0.29) is 6.04 Å². The predicted molar refractivity (Wildman–Crippen MR) is 85.3 cm³/mol. The van der Waals surface area contributed by atoms with Gasteiger partial charge in [0.15, 0.2) is 0 Å². The normalized spacial score (nSPS) is 18.5. The highest BCUT2D eigenvalue weighted by atomic mass is 15.0. The van der Waals surface area contributed by atoms with Gasteiger partial charge in [-0.2, -0.15) is 0 Å². The molecular formula is C18H23N3. The highest BCUT2D eigenvalue weighted by Gasteiger charge is 2.32. The van der Waals surface area contributed by atoms with E-state index >= 15 is 0 Å². The van der Waals surface area contributed by atoms with Gasteiger partial charge in [0.05, 0.1) is 11.7 Å². The average Bonchev–Trinajstić information content (AvgIpc) is 2.92. The molecule has 3 nitrogen and oxygen atoms in total. The average molecular weight is 281 g/mol. The van der Waals surface area contributed by atoms with Gasteiger partial charge in [-0.3, -0.25) is 9.97 Å². The first kappa shape index (κ1) is 14.2. The first-order valence-electron chi connectivity index (χ1n) is 7.90. The van der Waals surface area contributed by atoms with Crippen molar-refractivity contribution in [3.8, 4) is 0 Å². The second-order valence-corrected chi connectivity index (χ2v) is 5.83. The summed E-state index contributed by atoms with van der Waals surface area (Å²) in [5.74, 6) is 0.432. The lowest BCUT2D eigenvalue weighted by atomic mass is 9.93. The Morgan fingerprint density at radius 1 is 1.29 bits per heavy atom. The molecule has 1 aliphatic carbocycles. The summed E-state index contributed by atoms with van der Waals surface area (Å²) < 4.78 is 0. The molecule has 0 spiro atoms. The van der Waals surface area contributed by atoms with Crippen LogP contribution in [0.25, 0.3) is 0 Å². The summed E-state index contributed by atoms with van der Waals surface area (Å²) in [7, 11) is 0. The molecular weight excluding hydrogens is 258 g/mol. The number of aromatic nitrogens is 2. The van der Waals surface area contributed by atoms with Crippen molar-refractivity contribution >= 4 is 0 Å². The zero-order valence-electron chi connectivity index (χ0n) is 12.8. The lowest BCUT2D eigenvalue weighted by Gasteiger charge is -2.25. The fourth-order valence-corrected chi connectivity index (χ4v) is 3.26. The molecule has 2 atom stereocenters. The molecule has 1 N–H and O–H groups in total. The van der Waals surface area contributed by atoms with E-state index in [4.69, 9.17) is 4.98 Å². The van der Waals surface area contributed by atoms with E-state index in [0.29, 0.717) is 5.92 Å². The Balaban J connectivity index is 1.93. The predicted octanol–water partition coefficient (Wildman–Crippen LogP) is 3.56. The molecule has 110 valence electrons. The molecule has 0 saturated carbocycles. The monoisotopic (exact) mass is 281 g/mol. The molecule has 21 heavy (non-hydrogen) atoms. The molecule has 1 aliphatic rings. The van der Waals surface area contributed by atoms with Crippen LogP contribution in [0.1, 0.15) is 54.4 Å².